The van der Waals surface area contributed by atoms with Crippen molar-refractivity contribution in [3.63, 3.8) is 0 Å². The van der Waals surface area contributed by atoms with Gasteiger partial charge in [-0.15, -0.1) is 0 Å². The zero-order valence-corrected chi connectivity index (χ0v) is 11.3. The zero-order chi connectivity index (χ0) is 13.2. The van der Waals surface area contributed by atoms with Gasteiger partial charge < -0.3 is 11.1 Å². The van der Waals surface area contributed by atoms with Gasteiger partial charge in [0.15, 0.2) is 0 Å². The van der Waals surface area contributed by atoms with E-state index >= 15 is 0 Å². The van der Waals surface area contributed by atoms with Crippen LogP contribution in [0.3, 0.4) is 0 Å². The van der Waals surface area contributed by atoms with Crippen molar-refractivity contribution in [2.24, 2.45) is 5.73 Å². The number of fused-ring (bicyclic) bond motifs is 1. The highest BCUT2D eigenvalue weighted by atomic mass is 32.1. The number of hydrogen-bond donors (Lipinski definition) is 2. The minimum Gasteiger partial charge on any atom is -0.389 e. The number of aryl methyl sites for hydroxylation is 2. The van der Waals surface area contributed by atoms with Gasteiger partial charge in [-0.25, -0.2) is 4.98 Å². The lowest BCUT2D eigenvalue weighted by atomic mass is 10.1. The van der Waals surface area contributed by atoms with E-state index in [9.17, 15) is 0 Å². The molecular formula is C15H15N3S. The summed E-state index contributed by atoms with van der Waals surface area (Å²) in [6.45, 7) is 0. The van der Waals surface area contributed by atoms with Crippen LogP contribution in [0.15, 0.2) is 36.5 Å². The highest BCUT2D eigenvalue weighted by Gasteiger charge is 2.12. The second kappa shape index (κ2) is 4.97. The van der Waals surface area contributed by atoms with Crippen LogP contribution in [0.25, 0.3) is 0 Å². The molecule has 1 aromatic heterocycles. The molecule has 4 heteroatoms. The number of nitrogens with one attached hydrogen (secondary N) is 1. The predicted octanol–water partition coefficient (Wildman–Crippen LogP) is 2.95. The molecule has 19 heavy (non-hydrogen) atoms. The molecule has 0 radical (unpaired) electrons. The Morgan fingerprint density at radius 1 is 1.21 bits per heavy atom. The van der Waals surface area contributed by atoms with Gasteiger partial charge in [0, 0.05) is 11.9 Å². The largest absolute Gasteiger partial charge is 0.389 e. The fourth-order valence-corrected chi connectivity index (χ4v) is 2.65. The summed E-state index contributed by atoms with van der Waals surface area (Å²) < 4.78 is 0. The van der Waals surface area contributed by atoms with Gasteiger partial charge >= 0.3 is 0 Å². The van der Waals surface area contributed by atoms with Gasteiger partial charge in [-0.2, -0.15) is 0 Å². The summed E-state index contributed by atoms with van der Waals surface area (Å²) in [5.41, 5.74) is 10.4. The summed E-state index contributed by atoms with van der Waals surface area (Å²) in [7, 11) is 0. The van der Waals surface area contributed by atoms with Gasteiger partial charge in [0.2, 0.25) is 0 Å². The predicted molar refractivity (Wildman–Crippen MR) is 81.9 cm³/mol. The zero-order valence-electron chi connectivity index (χ0n) is 10.5. The van der Waals surface area contributed by atoms with E-state index in [1.807, 2.05) is 12.1 Å². The Bertz CT molecular complexity index is 637. The van der Waals surface area contributed by atoms with Crippen molar-refractivity contribution < 1.29 is 0 Å². The molecule has 1 aliphatic rings. The third-order valence-electron chi connectivity index (χ3n) is 3.43. The standard InChI is InChI=1S/C15H15N3S/c16-14(19)13-5-2-8-17-15(13)18-12-7-6-10-3-1-4-11(10)9-12/h2,5-9H,1,3-4H2,(H2,16,19)(H,17,18). The SMILES string of the molecule is NC(=S)c1cccnc1Nc1ccc2c(c1)CCC2. The molecule has 3 N–H and O–H groups in total. The van der Waals surface area contributed by atoms with Crippen LogP contribution in [0.4, 0.5) is 11.5 Å². The molecule has 3 nitrogen and oxygen atoms in total. The first-order chi connectivity index (χ1) is 9.24. The van der Waals surface area contributed by atoms with Crippen molar-refractivity contribution in [1.29, 1.82) is 0 Å². The Balaban J connectivity index is 1.91. The van der Waals surface area contributed by atoms with E-state index in [4.69, 9.17) is 18.0 Å². The summed E-state index contributed by atoms with van der Waals surface area (Å²) in [6.07, 6.45) is 5.34. The Morgan fingerprint density at radius 3 is 2.89 bits per heavy atom. The van der Waals surface area contributed by atoms with Crippen molar-refractivity contribution in [2.75, 3.05) is 5.32 Å². The molecule has 0 spiro atoms. The number of anilines is 2. The van der Waals surface area contributed by atoms with E-state index < -0.39 is 0 Å². The number of aromatic nitrogens is 1. The van der Waals surface area contributed by atoms with Crippen LogP contribution in [0, 0.1) is 0 Å². The van der Waals surface area contributed by atoms with E-state index in [2.05, 4.69) is 28.5 Å². The highest BCUT2D eigenvalue weighted by molar-refractivity contribution is 7.80. The van der Waals surface area contributed by atoms with Gasteiger partial charge in [0.1, 0.15) is 10.8 Å². The lowest BCUT2D eigenvalue weighted by Crippen LogP contribution is -2.12. The lowest BCUT2D eigenvalue weighted by Gasteiger charge is -2.11. The first-order valence-electron chi connectivity index (χ1n) is 6.38. The summed E-state index contributed by atoms with van der Waals surface area (Å²) in [5, 5.41) is 3.30. The molecule has 0 aliphatic heterocycles. The van der Waals surface area contributed by atoms with Crippen LogP contribution in [0.2, 0.25) is 0 Å². The van der Waals surface area contributed by atoms with Crippen LogP contribution < -0.4 is 11.1 Å². The Morgan fingerprint density at radius 2 is 2.05 bits per heavy atom. The van der Waals surface area contributed by atoms with E-state index in [0.29, 0.717) is 10.8 Å². The number of pyridine rings is 1. The lowest BCUT2D eigenvalue weighted by molar-refractivity contribution is 0.912. The van der Waals surface area contributed by atoms with Crippen LogP contribution in [0.5, 0.6) is 0 Å². The molecule has 0 fully saturated rings. The van der Waals surface area contributed by atoms with Crippen LogP contribution in [-0.4, -0.2) is 9.97 Å². The number of benzene rings is 1. The quantitative estimate of drug-likeness (QED) is 0.841. The topological polar surface area (TPSA) is 50.9 Å². The second-order valence-corrected chi connectivity index (χ2v) is 5.17. The van der Waals surface area contributed by atoms with Gasteiger partial charge in [0.05, 0.1) is 5.56 Å². The minimum atomic E-state index is 0.358. The molecular weight excluding hydrogens is 254 g/mol. The third kappa shape index (κ3) is 2.44. The smallest absolute Gasteiger partial charge is 0.140 e. The number of hydrogen-bond acceptors (Lipinski definition) is 3. The van der Waals surface area contributed by atoms with Crippen LogP contribution in [0.1, 0.15) is 23.1 Å². The monoisotopic (exact) mass is 269 g/mol. The highest BCUT2D eigenvalue weighted by Crippen LogP contribution is 2.26. The molecule has 3 rings (SSSR count). The van der Waals surface area contributed by atoms with Crippen molar-refractivity contribution in [1.82, 2.24) is 4.98 Å². The summed E-state index contributed by atoms with van der Waals surface area (Å²) in [5.74, 6) is 0.716. The molecule has 2 aromatic rings. The van der Waals surface area contributed by atoms with E-state index in [1.54, 1.807) is 6.20 Å². The molecule has 1 aromatic carbocycles. The number of thiocarbonyl (C=S) groups is 1. The molecule has 96 valence electrons. The van der Waals surface area contributed by atoms with Gasteiger partial charge in [-0.1, -0.05) is 18.3 Å². The minimum absolute atomic E-state index is 0.358. The molecule has 0 amide bonds. The molecule has 0 bridgehead atoms. The third-order valence-corrected chi connectivity index (χ3v) is 3.65. The Hall–Kier alpha value is -1.94. The fourth-order valence-electron chi connectivity index (χ4n) is 2.49. The van der Waals surface area contributed by atoms with Crippen LogP contribution in [-0.2, 0) is 12.8 Å². The average molecular weight is 269 g/mol. The number of nitrogens with two attached hydrogens (primary N) is 1. The molecule has 0 saturated heterocycles. The summed E-state index contributed by atoms with van der Waals surface area (Å²) >= 11 is 5.04. The molecule has 0 atom stereocenters. The van der Waals surface area contributed by atoms with Crippen LogP contribution >= 0.6 is 12.2 Å². The maximum atomic E-state index is 5.71. The van der Waals surface area contributed by atoms with Gasteiger partial charge in [-0.05, 0) is 54.7 Å². The first-order valence-corrected chi connectivity index (χ1v) is 6.78. The van der Waals surface area contributed by atoms with Gasteiger partial charge in [0.25, 0.3) is 0 Å². The van der Waals surface area contributed by atoms with E-state index in [1.165, 1.54) is 24.0 Å². The average Bonchev–Trinajstić information content (AvgIpc) is 2.86. The van der Waals surface area contributed by atoms with Gasteiger partial charge in [-0.3, -0.25) is 0 Å². The first kappa shape index (κ1) is 12.1. The Labute approximate surface area is 117 Å². The molecule has 1 heterocycles. The maximum Gasteiger partial charge on any atom is 0.140 e. The summed E-state index contributed by atoms with van der Waals surface area (Å²) in [6, 6.07) is 10.2. The molecule has 1 aliphatic carbocycles. The van der Waals surface area contributed by atoms with Crippen molar-refractivity contribution >= 4 is 28.7 Å². The maximum absolute atomic E-state index is 5.71. The normalized spacial score (nSPS) is 13.1. The number of nitrogens with zero attached hydrogens (tertiary/aromatic N) is 1. The molecule has 0 saturated carbocycles. The van der Waals surface area contributed by atoms with Crippen molar-refractivity contribution in [2.45, 2.75) is 19.3 Å². The molecule has 0 unspecified atom stereocenters. The number of rotatable bonds is 3. The van der Waals surface area contributed by atoms with Crippen molar-refractivity contribution in [3.05, 3.63) is 53.2 Å². The van der Waals surface area contributed by atoms with Crippen molar-refractivity contribution in [3.8, 4) is 0 Å². The second-order valence-electron chi connectivity index (χ2n) is 4.73. The fraction of sp³-hybridized carbons (Fsp3) is 0.200. The Kier molecular flexibility index (Phi) is 3.17. The van der Waals surface area contributed by atoms with E-state index in [-0.39, 0.29) is 0 Å². The summed E-state index contributed by atoms with van der Waals surface area (Å²) in [4.78, 5) is 4.67. The van der Waals surface area contributed by atoms with E-state index in [0.717, 1.165) is 17.7 Å².